The molecule has 3 aliphatic rings. The van der Waals surface area contributed by atoms with Gasteiger partial charge in [0.25, 0.3) is 0 Å². The smallest absolute Gasteiger partial charge is 0.350 e. The molecule has 5 rings (SSSR count). The van der Waals surface area contributed by atoms with Crippen LogP contribution in [0.2, 0.25) is 0 Å². The van der Waals surface area contributed by atoms with Crippen molar-refractivity contribution < 1.29 is 14.3 Å². The molecule has 0 amide bonds. The topological polar surface area (TPSA) is 67.3 Å². The van der Waals surface area contributed by atoms with E-state index in [-0.39, 0.29) is 5.97 Å². The van der Waals surface area contributed by atoms with Crippen molar-refractivity contribution in [2.24, 2.45) is 4.99 Å². The van der Waals surface area contributed by atoms with Gasteiger partial charge in [-0.25, -0.2) is 14.8 Å². The Bertz CT molecular complexity index is 1030. The number of hydrogen-bond acceptors (Lipinski definition) is 7. The maximum absolute atomic E-state index is 12.9. The quantitative estimate of drug-likeness (QED) is 0.668. The molecule has 0 unspecified atom stereocenters. The Morgan fingerprint density at radius 1 is 1.13 bits per heavy atom. The second-order valence-electron chi connectivity index (χ2n) is 8.43. The predicted octanol–water partition coefficient (Wildman–Crippen LogP) is 3.94. The molecular formula is C23H30N4O3S. The zero-order valence-electron chi connectivity index (χ0n) is 18.4. The fourth-order valence-electron chi connectivity index (χ4n) is 4.90. The fraction of sp³-hybridized carbons (Fsp3) is 0.609. The van der Waals surface area contributed by atoms with Crippen LogP contribution in [0.1, 0.15) is 53.4 Å². The Hall–Kier alpha value is -2.19. The largest absolute Gasteiger partial charge is 0.462 e. The van der Waals surface area contributed by atoms with E-state index in [4.69, 9.17) is 19.5 Å². The van der Waals surface area contributed by atoms with Crippen LogP contribution in [0.3, 0.4) is 0 Å². The van der Waals surface area contributed by atoms with E-state index in [2.05, 4.69) is 16.8 Å². The minimum absolute atomic E-state index is 0.289. The monoisotopic (exact) mass is 442 g/mol. The van der Waals surface area contributed by atoms with Gasteiger partial charge < -0.3 is 19.3 Å². The molecule has 31 heavy (non-hydrogen) atoms. The summed E-state index contributed by atoms with van der Waals surface area (Å²) in [7, 11) is 2.08. The lowest BCUT2D eigenvalue weighted by atomic mass is 9.89. The third-order valence-corrected chi connectivity index (χ3v) is 7.51. The zero-order valence-corrected chi connectivity index (χ0v) is 19.2. The van der Waals surface area contributed by atoms with Crippen LogP contribution in [-0.2, 0) is 22.3 Å². The van der Waals surface area contributed by atoms with E-state index in [0.717, 1.165) is 92.5 Å². The molecular weight excluding hydrogens is 412 g/mol. The molecule has 0 radical (unpaired) electrons. The first-order chi connectivity index (χ1) is 15.2. The number of morpholine rings is 1. The standard InChI is InChI=1S/C23H30N4O3S/c1-3-30-23(28)20-19(24-17-9-6-10-26(17)2)18-15-7-4-5-8-16(15)21(25-22(18)31-20)27-11-13-29-14-12-27/h3-14H2,1-2H3. The van der Waals surface area contributed by atoms with Crippen LogP contribution in [0.5, 0.6) is 0 Å². The first-order valence-electron chi connectivity index (χ1n) is 11.4. The number of nitrogens with zero attached hydrogens (tertiary/aromatic N) is 4. The number of aryl methyl sites for hydroxylation is 1. The molecule has 2 aromatic heterocycles. The molecule has 7 nitrogen and oxygen atoms in total. The molecule has 2 fully saturated rings. The molecule has 2 saturated heterocycles. The number of hydrogen-bond donors (Lipinski definition) is 0. The molecule has 0 saturated carbocycles. The van der Waals surface area contributed by atoms with Crippen molar-refractivity contribution in [3.05, 3.63) is 16.0 Å². The highest BCUT2D eigenvalue weighted by Crippen LogP contribution is 2.45. The average molecular weight is 443 g/mol. The van der Waals surface area contributed by atoms with E-state index in [0.29, 0.717) is 11.5 Å². The van der Waals surface area contributed by atoms with Crippen molar-refractivity contribution in [1.82, 2.24) is 9.88 Å². The van der Waals surface area contributed by atoms with Gasteiger partial charge >= 0.3 is 5.97 Å². The van der Waals surface area contributed by atoms with Crippen molar-refractivity contribution >= 4 is 44.9 Å². The van der Waals surface area contributed by atoms with Crippen LogP contribution in [0, 0.1) is 0 Å². The Morgan fingerprint density at radius 3 is 2.61 bits per heavy atom. The fourth-order valence-corrected chi connectivity index (χ4v) is 5.93. The third kappa shape index (κ3) is 3.80. The van der Waals surface area contributed by atoms with E-state index in [1.165, 1.54) is 28.9 Å². The number of fused-ring (bicyclic) bond motifs is 3. The number of carbonyl (C=O) groups is 1. The normalized spacial score (nSPS) is 20.5. The van der Waals surface area contributed by atoms with E-state index >= 15 is 0 Å². The molecule has 0 bridgehead atoms. The summed E-state index contributed by atoms with van der Waals surface area (Å²) in [6, 6.07) is 0. The molecule has 0 atom stereocenters. The number of pyridine rings is 1. The van der Waals surface area contributed by atoms with Crippen molar-refractivity contribution in [2.45, 2.75) is 45.4 Å². The van der Waals surface area contributed by atoms with Crippen LogP contribution in [0.15, 0.2) is 4.99 Å². The van der Waals surface area contributed by atoms with Gasteiger partial charge in [-0.3, -0.25) is 0 Å². The van der Waals surface area contributed by atoms with E-state index < -0.39 is 0 Å². The molecule has 2 aliphatic heterocycles. The Kier molecular flexibility index (Phi) is 5.84. The van der Waals surface area contributed by atoms with Crippen LogP contribution in [-0.4, -0.2) is 68.2 Å². The summed E-state index contributed by atoms with van der Waals surface area (Å²) >= 11 is 1.44. The van der Waals surface area contributed by atoms with Gasteiger partial charge in [-0.2, -0.15) is 0 Å². The summed E-state index contributed by atoms with van der Waals surface area (Å²) in [5.41, 5.74) is 3.46. The molecule has 0 aromatic carbocycles. The van der Waals surface area contributed by atoms with Crippen molar-refractivity contribution in [2.75, 3.05) is 51.4 Å². The van der Waals surface area contributed by atoms with Crippen LogP contribution >= 0.6 is 11.3 Å². The molecule has 0 spiro atoms. The second kappa shape index (κ2) is 8.74. The van der Waals surface area contributed by atoms with Crippen molar-refractivity contribution in [3.8, 4) is 0 Å². The number of carbonyl (C=O) groups excluding carboxylic acids is 1. The number of amidine groups is 1. The summed E-state index contributed by atoms with van der Waals surface area (Å²) in [4.78, 5) is 29.1. The molecule has 1 aliphatic carbocycles. The van der Waals surface area contributed by atoms with Crippen LogP contribution < -0.4 is 4.90 Å². The van der Waals surface area contributed by atoms with Gasteiger partial charge in [-0.05, 0) is 50.2 Å². The Balaban J connectivity index is 1.73. The van der Waals surface area contributed by atoms with Gasteiger partial charge in [-0.1, -0.05) is 0 Å². The lowest BCUT2D eigenvalue weighted by molar-refractivity contribution is 0.0533. The van der Waals surface area contributed by atoms with Gasteiger partial charge in [0.1, 0.15) is 27.0 Å². The summed E-state index contributed by atoms with van der Waals surface area (Å²) in [6.07, 6.45) is 6.43. The Morgan fingerprint density at radius 2 is 1.90 bits per heavy atom. The number of ether oxygens (including phenoxy) is 2. The molecule has 8 heteroatoms. The SMILES string of the molecule is CCOC(=O)c1sc2nc(N3CCOCC3)c3c(c2c1N=C1CCCN1C)CCCC3. The molecule has 4 heterocycles. The van der Waals surface area contributed by atoms with Gasteiger partial charge in [0.05, 0.1) is 19.8 Å². The van der Waals surface area contributed by atoms with Gasteiger partial charge in [-0.15, -0.1) is 11.3 Å². The minimum Gasteiger partial charge on any atom is -0.462 e. The maximum atomic E-state index is 12.9. The number of aliphatic imine (C=N–C) groups is 1. The highest BCUT2D eigenvalue weighted by Gasteiger charge is 2.30. The van der Waals surface area contributed by atoms with E-state index in [1.807, 2.05) is 6.92 Å². The number of esters is 1. The average Bonchev–Trinajstić information content (AvgIpc) is 3.37. The van der Waals surface area contributed by atoms with Gasteiger partial charge in [0.15, 0.2) is 0 Å². The van der Waals surface area contributed by atoms with Crippen molar-refractivity contribution in [3.63, 3.8) is 0 Å². The summed E-state index contributed by atoms with van der Waals surface area (Å²) in [5, 5.41) is 1.08. The maximum Gasteiger partial charge on any atom is 0.350 e. The second-order valence-corrected chi connectivity index (χ2v) is 9.43. The first kappa shape index (κ1) is 20.7. The Labute approximate surface area is 187 Å². The van der Waals surface area contributed by atoms with Gasteiger partial charge in [0.2, 0.25) is 0 Å². The minimum atomic E-state index is -0.289. The number of likely N-dealkylation sites (tertiary alicyclic amines) is 1. The molecule has 166 valence electrons. The highest BCUT2D eigenvalue weighted by molar-refractivity contribution is 7.21. The number of anilines is 1. The summed E-state index contributed by atoms with van der Waals surface area (Å²) < 4.78 is 11.0. The van der Waals surface area contributed by atoms with Gasteiger partial charge in [0, 0.05) is 38.5 Å². The summed E-state index contributed by atoms with van der Waals surface area (Å²) in [6.45, 7) is 6.40. The lowest BCUT2D eigenvalue weighted by Crippen LogP contribution is -2.37. The van der Waals surface area contributed by atoms with Crippen molar-refractivity contribution in [1.29, 1.82) is 0 Å². The zero-order chi connectivity index (χ0) is 21.4. The lowest BCUT2D eigenvalue weighted by Gasteiger charge is -2.31. The number of rotatable bonds is 4. The first-order valence-corrected chi connectivity index (χ1v) is 12.3. The molecule has 2 aromatic rings. The number of aromatic nitrogens is 1. The van der Waals surface area contributed by atoms with E-state index in [9.17, 15) is 4.79 Å². The van der Waals surface area contributed by atoms with E-state index in [1.54, 1.807) is 0 Å². The third-order valence-electron chi connectivity index (χ3n) is 6.46. The number of thiophene rings is 1. The molecule has 0 N–H and O–H groups in total. The van der Waals surface area contributed by atoms with Crippen LogP contribution in [0.25, 0.3) is 10.2 Å². The summed E-state index contributed by atoms with van der Waals surface area (Å²) in [5.74, 6) is 1.84. The highest BCUT2D eigenvalue weighted by atomic mass is 32.1. The van der Waals surface area contributed by atoms with Crippen LogP contribution in [0.4, 0.5) is 11.5 Å². The predicted molar refractivity (Wildman–Crippen MR) is 124 cm³/mol.